The molecule has 1 fully saturated rings. The molecule has 0 saturated carbocycles. The predicted molar refractivity (Wildman–Crippen MR) is 119 cm³/mol. The van der Waals surface area contributed by atoms with E-state index >= 15 is 0 Å². The Kier molecular flexibility index (Phi) is 6.21. The second kappa shape index (κ2) is 9.38. The zero-order valence-electron chi connectivity index (χ0n) is 17.6. The quantitative estimate of drug-likeness (QED) is 0.627. The van der Waals surface area contributed by atoms with E-state index < -0.39 is 0 Å². The summed E-state index contributed by atoms with van der Waals surface area (Å²) in [5.41, 5.74) is 2.46. The van der Waals surface area contributed by atoms with Crippen molar-refractivity contribution in [3.05, 3.63) is 54.6 Å². The number of piperidine rings is 1. The largest absolute Gasteiger partial charge is 0.489 e. The molecule has 31 heavy (non-hydrogen) atoms. The monoisotopic (exact) mass is 419 g/mol. The molecule has 9 heteroatoms. The maximum Gasteiger partial charge on any atom is 0.231 e. The molecule has 1 saturated heterocycles. The Hall–Kier alpha value is -3.75. The van der Waals surface area contributed by atoms with Crippen molar-refractivity contribution < 1.29 is 9.53 Å². The van der Waals surface area contributed by atoms with E-state index in [0.29, 0.717) is 17.6 Å². The first-order valence-corrected chi connectivity index (χ1v) is 10.2. The van der Waals surface area contributed by atoms with Crippen molar-refractivity contribution in [1.82, 2.24) is 19.9 Å². The topological polar surface area (TPSA) is 105 Å². The highest BCUT2D eigenvalue weighted by Gasteiger charge is 2.22. The Bertz CT molecular complexity index is 1030. The zero-order chi connectivity index (χ0) is 21.6. The van der Waals surface area contributed by atoms with Gasteiger partial charge in [0.25, 0.3) is 0 Å². The van der Waals surface area contributed by atoms with Gasteiger partial charge in [-0.05, 0) is 37.3 Å². The number of hydrogen-bond acceptors (Lipinski definition) is 8. The van der Waals surface area contributed by atoms with Crippen LogP contribution in [0.1, 0.15) is 25.5 Å². The number of amides is 1. The van der Waals surface area contributed by atoms with Gasteiger partial charge in [0.05, 0.1) is 6.20 Å². The number of ether oxygens (including phenoxy) is 1. The number of nitrogens with one attached hydrogen (secondary N) is 2. The average Bonchev–Trinajstić information content (AvgIpc) is 2.76. The number of nitrogens with zero attached hydrogens (tertiary/aromatic N) is 5. The summed E-state index contributed by atoms with van der Waals surface area (Å²) in [7, 11) is 0. The van der Waals surface area contributed by atoms with Gasteiger partial charge < -0.3 is 20.3 Å². The maximum atomic E-state index is 11.3. The molecule has 0 unspecified atom stereocenters. The summed E-state index contributed by atoms with van der Waals surface area (Å²) < 4.78 is 6.05. The third kappa shape index (κ3) is 5.65. The van der Waals surface area contributed by atoms with Crippen LogP contribution in [0.3, 0.4) is 0 Å². The summed E-state index contributed by atoms with van der Waals surface area (Å²) >= 11 is 0. The van der Waals surface area contributed by atoms with Gasteiger partial charge in [-0.1, -0.05) is 6.07 Å². The van der Waals surface area contributed by atoms with Gasteiger partial charge in [-0.15, -0.1) is 0 Å². The van der Waals surface area contributed by atoms with Crippen LogP contribution in [0.2, 0.25) is 0 Å². The highest BCUT2D eigenvalue weighted by Crippen LogP contribution is 2.22. The van der Waals surface area contributed by atoms with Crippen LogP contribution in [-0.2, 0) is 4.79 Å². The molecule has 0 bridgehead atoms. The molecule has 1 aromatic carbocycles. The standard InChI is InChI=1S/C22H25N7O2/c1-15-6-7-20(13-23-15)31-19-8-10-29(11-9-19)22-25-14-24-21(28-22)27-18-5-3-4-17(12-18)26-16(2)30/h3-7,12-14,19H,8-11H2,1-2H3,(H,26,30)(H,24,25,27,28). The minimum Gasteiger partial charge on any atom is -0.489 e. The van der Waals surface area contributed by atoms with Gasteiger partial charge in [-0.25, -0.2) is 9.97 Å². The van der Waals surface area contributed by atoms with Crippen LogP contribution < -0.4 is 20.3 Å². The van der Waals surface area contributed by atoms with Crippen LogP contribution in [0.25, 0.3) is 0 Å². The molecule has 160 valence electrons. The number of carbonyl (C=O) groups is 1. The fraction of sp³-hybridized carbons (Fsp3) is 0.318. The van der Waals surface area contributed by atoms with E-state index in [4.69, 9.17) is 4.74 Å². The molecule has 2 aromatic heterocycles. The number of carbonyl (C=O) groups excluding carboxylic acids is 1. The molecule has 3 aromatic rings. The summed E-state index contributed by atoms with van der Waals surface area (Å²) in [4.78, 5) is 30.8. The summed E-state index contributed by atoms with van der Waals surface area (Å²) in [5.74, 6) is 1.77. The van der Waals surface area contributed by atoms with Crippen molar-refractivity contribution in [3.8, 4) is 5.75 Å². The fourth-order valence-electron chi connectivity index (χ4n) is 3.40. The van der Waals surface area contributed by atoms with E-state index in [2.05, 4.69) is 35.5 Å². The van der Waals surface area contributed by atoms with Crippen molar-refractivity contribution in [1.29, 1.82) is 0 Å². The van der Waals surface area contributed by atoms with Crippen molar-refractivity contribution >= 4 is 29.2 Å². The van der Waals surface area contributed by atoms with Gasteiger partial charge in [-0.3, -0.25) is 9.78 Å². The Morgan fingerprint density at radius 2 is 1.90 bits per heavy atom. The lowest BCUT2D eigenvalue weighted by Gasteiger charge is -2.32. The van der Waals surface area contributed by atoms with Crippen LogP contribution in [-0.4, -0.2) is 45.0 Å². The third-order valence-electron chi connectivity index (χ3n) is 4.91. The summed E-state index contributed by atoms with van der Waals surface area (Å²) in [6, 6.07) is 11.3. The van der Waals surface area contributed by atoms with Crippen molar-refractivity contribution in [2.45, 2.75) is 32.8 Å². The zero-order valence-corrected chi connectivity index (χ0v) is 17.6. The van der Waals surface area contributed by atoms with E-state index in [-0.39, 0.29) is 12.0 Å². The molecule has 1 amide bonds. The molecule has 4 rings (SSSR count). The summed E-state index contributed by atoms with van der Waals surface area (Å²) in [6.45, 7) is 5.03. The lowest BCUT2D eigenvalue weighted by molar-refractivity contribution is -0.114. The van der Waals surface area contributed by atoms with Gasteiger partial charge >= 0.3 is 0 Å². The Balaban J connectivity index is 1.35. The van der Waals surface area contributed by atoms with Crippen LogP contribution in [0.15, 0.2) is 48.9 Å². The average molecular weight is 419 g/mol. The van der Waals surface area contributed by atoms with Crippen LogP contribution in [0.5, 0.6) is 5.75 Å². The molecule has 0 spiro atoms. The minimum absolute atomic E-state index is 0.120. The van der Waals surface area contributed by atoms with E-state index in [1.54, 1.807) is 6.20 Å². The number of rotatable bonds is 6. The molecule has 2 N–H and O–H groups in total. The van der Waals surface area contributed by atoms with E-state index in [1.807, 2.05) is 43.3 Å². The predicted octanol–water partition coefficient (Wildman–Crippen LogP) is 3.32. The second-order valence-electron chi connectivity index (χ2n) is 7.44. The lowest BCUT2D eigenvalue weighted by Crippen LogP contribution is -2.39. The molecule has 9 nitrogen and oxygen atoms in total. The number of anilines is 4. The smallest absolute Gasteiger partial charge is 0.231 e. The van der Waals surface area contributed by atoms with Gasteiger partial charge in [-0.2, -0.15) is 4.98 Å². The number of aryl methyl sites for hydroxylation is 1. The van der Waals surface area contributed by atoms with Crippen molar-refractivity contribution in [2.24, 2.45) is 0 Å². The summed E-state index contributed by atoms with van der Waals surface area (Å²) in [6.07, 6.45) is 5.18. The van der Waals surface area contributed by atoms with E-state index in [9.17, 15) is 4.79 Å². The number of benzene rings is 1. The van der Waals surface area contributed by atoms with Gasteiger partial charge in [0.2, 0.25) is 17.8 Å². The van der Waals surface area contributed by atoms with Gasteiger partial charge in [0.1, 0.15) is 18.2 Å². The highest BCUT2D eigenvalue weighted by atomic mass is 16.5. The van der Waals surface area contributed by atoms with Gasteiger partial charge in [0.15, 0.2) is 0 Å². The molecule has 1 aliphatic heterocycles. The van der Waals surface area contributed by atoms with Crippen LogP contribution in [0, 0.1) is 6.92 Å². The highest BCUT2D eigenvalue weighted by molar-refractivity contribution is 5.89. The first kappa shape index (κ1) is 20.5. The number of aromatic nitrogens is 4. The molecular weight excluding hydrogens is 394 g/mol. The van der Waals surface area contributed by atoms with E-state index in [1.165, 1.54) is 13.3 Å². The van der Waals surface area contributed by atoms with Crippen LogP contribution in [0.4, 0.5) is 23.3 Å². The molecule has 0 aliphatic carbocycles. The minimum atomic E-state index is -0.120. The Labute approximate surface area is 180 Å². The molecule has 0 atom stereocenters. The second-order valence-corrected chi connectivity index (χ2v) is 7.44. The van der Waals surface area contributed by atoms with Crippen molar-refractivity contribution in [3.63, 3.8) is 0 Å². The number of pyridine rings is 1. The van der Waals surface area contributed by atoms with Crippen LogP contribution >= 0.6 is 0 Å². The molecule has 3 heterocycles. The summed E-state index contributed by atoms with van der Waals surface area (Å²) in [5, 5.41) is 5.93. The first-order valence-electron chi connectivity index (χ1n) is 10.2. The third-order valence-corrected chi connectivity index (χ3v) is 4.91. The maximum absolute atomic E-state index is 11.3. The Morgan fingerprint density at radius 1 is 1.10 bits per heavy atom. The lowest BCUT2D eigenvalue weighted by atomic mass is 10.1. The van der Waals surface area contributed by atoms with Crippen molar-refractivity contribution in [2.75, 3.05) is 28.6 Å². The first-order chi connectivity index (χ1) is 15.0. The fourth-order valence-corrected chi connectivity index (χ4v) is 3.40. The molecular formula is C22H25N7O2. The van der Waals surface area contributed by atoms with Gasteiger partial charge in [0, 0.05) is 49.9 Å². The van der Waals surface area contributed by atoms with E-state index in [0.717, 1.165) is 43.1 Å². The molecule has 1 aliphatic rings. The Morgan fingerprint density at radius 3 is 2.65 bits per heavy atom. The molecule has 0 radical (unpaired) electrons. The number of hydrogen-bond donors (Lipinski definition) is 2. The SMILES string of the molecule is CC(=O)Nc1cccc(Nc2ncnc(N3CCC(Oc4ccc(C)nc4)CC3)n2)c1. The normalized spacial score (nSPS) is 14.2.